The molecule has 4 nitrogen and oxygen atoms in total. The van der Waals surface area contributed by atoms with Gasteiger partial charge in [0.05, 0.1) is 0 Å². The molecule has 94 valence electrons. The Hall–Kier alpha value is -0.770. The summed E-state index contributed by atoms with van der Waals surface area (Å²) < 4.78 is 4.99. The van der Waals surface area contributed by atoms with Crippen LogP contribution in [0.4, 0.5) is 4.79 Å². The van der Waals surface area contributed by atoms with E-state index in [4.69, 9.17) is 4.74 Å². The molecule has 0 spiro atoms. The minimum atomic E-state index is 0.0641. The van der Waals surface area contributed by atoms with Gasteiger partial charge >= 0.3 is 6.03 Å². The van der Waals surface area contributed by atoms with Gasteiger partial charge < -0.3 is 15.0 Å². The third-order valence-electron chi connectivity index (χ3n) is 3.09. The van der Waals surface area contributed by atoms with E-state index in [0.717, 1.165) is 25.9 Å². The smallest absolute Gasteiger partial charge is 0.317 e. The van der Waals surface area contributed by atoms with E-state index < -0.39 is 0 Å². The lowest BCUT2D eigenvalue weighted by atomic mass is 9.93. The SMILES string of the molecule is COCC[C@@H](C)NC(=O)N1CCC(C)(C)C1. The molecule has 0 aliphatic carbocycles. The molecule has 16 heavy (non-hydrogen) atoms. The molecule has 1 N–H and O–H groups in total. The van der Waals surface area contributed by atoms with Gasteiger partial charge in [0, 0.05) is 32.8 Å². The lowest BCUT2D eigenvalue weighted by molar-refractivity contribution is 0.176. The van der Waals surface area contributed by atoms with Gasteiger partial charge in [0.2, 0.25) is 0 Å². The highest BCUT2D eigenvalue weighted by Gasteiger charge is 2.32. The van der Waals surface area contributed by atoms with Gasteiger partial charge in [-0.2, -0.15) is 0 Å². The molecule has 1 fully saturated rings. The second kappa shape index (κ2) is 5.53. The van der Waals surface area contributed by atoms with Crippen molar-refractivity contribution in [2.24, 2.45) is 5.41 Å². The van der Waals surface area contributed by atoms with Crippen LogP contribution >= 0.6 is 0 Å². The van der Waals surface area contributed by atoms with Crippen molar-refractivity contribution in [1.82, 2.24) is 10.2 Å². The van der Waals surface area contributed by atoms with Crippen LogP contribution in [0.3, 0.4) is 0 Å². The van der Waals surface area contributed by atoms with Crippen LogP contribution in [0.1, 0.15) is 33.6 Å². The first-order chi connectivity index (χ1) is 7.44. The Labute approximate surface area is 98.3 Å². The van der Waals surface area contributed by atoms with E-state index in [1.54, 1.807) is 7.11 Å². The predicted octanol–water partition coefficient (Wildman–Crippen LogP) is 1.85. The van der Waals surface area contributed by atoms with Crippen LogP contribution < -0.4 is 5.32 Å². The molecule has 0 bridgehead atoms. The highest BCUT2D eigenvalue weighted by Crippen LogP contribution is 2.28. The Balaban J connectivity index is 2.30. The van der Waals surface area contributed by atoms with Crippen LogP contribution in [-0.4, -0.2) is 43.8 Å². The highest BCUT2D eigenvalue weighted by atomic mass is 16.5. The number of rotatable bonds is 4. The van der Waals surface area contributed by atoms with Crippen molar-refractivity contribution >= 4 is 6.03 Å². The van der Waals surface area contributed by atoms with Gasteiger partial charge in [-0.3, -0.25) is 0 Å². The van der Waals surface area contributed by atoms with Crippen molar-refractivity contribution in [3.8, 4) is 0 Å². The second-order valence-corrected chi connectivity index (χ2v) is 5.47. The molecule has 4 heteroatoms. The Morgan fingerprint density at radius 2 is 2.25 bits per heavy atom. The summed E-state index contributed by atoms with van der Waals surface area (Å²) >= 11 is 0. The molecular weight excluding hydrogens is 204 g/mol. The molecule has 0 unspecified atom stereocenters. The van der Waals surface area contributed by atoms with Crippen molar-refractivity contribution in [3.05, 3.63) is 0 Å². The lowest BCUT2D eigenvalue weighted by Gasteiger charge is -2.22. The van der Waals surface area contributed by atoms with Crippen molar-refractivity contribution in [1.29, 1.82) is 0 Å². The summed E-state index contributed by atoms with van der Waals surface area (Å²) in [6.07, 6.45) is 1.95. The molecule has 2 amide bonds. The van der Waals surface area contributed by atoms with E-state index in [0.29, 0.717) is 6.61 Å². The molecule has 0 radical (unpaired) electrons. The fourth-order valence-electron chi connectivity index (χ4n) is 1.95. The molecule has 0 aromatic carbocycles. The molecule has 1 saturated heterocycles. The molecular formula is C12H24N2O2. The molecule has 1 aliphatic heterocycles. The van der Waals surface area contributed by atoms with Crippen LogP contribution in [0.5, 0.6) is 0 Å². The van der Waals surface area contributed by atoms with Crippen LogP contribution in [0.25, 0.3) is 0 Å². The Morgan fingerprint density at radius 3 is 2.75 bits per heavy atom. The number of methoxy groups -OCH3 is 1. The number of nitrogens with one attached hydrogen (secondary N) is 1. The molecule has 1 rings (SSSR count). The first-order valence-electron chi connectivity index (χ1n) is 5.99. The number of likely N-dealkylation sites (tertiary alicyclic amines) is 1. The van der Waals surface area contributed by atoms with Gasteiger partial charge in [0.1, 0.15) is 0 Å². The number of amides is 2. The zero-order valence-electron chi connectivity index (χ0n) is 10.9. The fraction of sp³-hybridized carbons (Fsp3) is 0.917. The quantitative estimate of drug-likeness (QED) is 0.798. The van der Waals surface area contributed by atoms with Gasteiger partial charge in [0.25, 0.3) is 0 Å². The molecule has 0 aromatic heterocycles. The number of nitrogens with zero attached hydrogens (tertiary/aromatic N) is 1. The van der Waals surface area contributed by atoms with Crippen molar-refractivity contribution in [3.63, 3.8) is 0 Å². The Kier molecular flexibility index (Phi) is 4.59. The summed E-state index contributed by atoms with van der Waals surface area (Å²) in [6.45, 7) is 8.83. The molecule has 0 saturated carbocycles. The summed E-state index contributed by atoms with van der Waals surface area (Å²) in [5.74, 6) is 0. The third-order valence-corrected chi connectivity index (χ3v) is 3.09. The fourth-order valence-corrected chi connectivity index (χ4v) is 1.95. The lowest BCUT2D eigenvalue weighted by Crippen LogP contribution is -2.43. The van der Waals surface area contributed by atoms with Crippen LogP contribution in [0.2, 0.25) is 0 Å². The second-order valence-electron chi connectivity index (χ2n) is 5.47. The van der Waals surface area contributed by atoms with Crippen molar-refractivity contribution in [2.45, 2.75) is 39.7 Å². The molecule has 1 atom stereocenters. The van der Waals surface area contributed by atoms with Gasteiger partial charge in [-0.1, -0.05) is 13.8 Å². The number of urea groups is 1. The van der Waals surface area contributed by atoms with Crippen LogP contribution in [0.15, 0.2) is 0 Å². The minimum absolute atomic E-state index is 0.0641. The van der Waals surface area contributed by atoms with Crippen LogP contribution in [-0.2, 0) is 4.74 Å². The van der Waals surface area contributed by atoms with Crippen molar-refractivity contribution < 1.29 is 9.53 Å². The van der Waals surface area contributed by atoms with Gasteiger partial charge in [0.15, 0.2) is 0 Å². The van der Waals surface area contributed by atoms with Gasteiger partial charge in [-0.25, -0.2) is 4.79 Å². The largest absolute Gasteiger partial charge is 0.385 e. The summed E-state index contributed by atoms with van der Waals surface area (Å²) in [6, 6.07) is 0.241. The maximum absolute atomic E-state index is 11.9. The summed E-state index contributed by atoms with van der Waals surface area (Å²) in [5, 5.41) is 3.00. The minimum Gasteiger partial charge on any atom is -0.385 e. The Morgan fingerprint density at radius 1 is 1.56 bits per heavy atom. The van der Waals surface area contributed by atoms with Gasteiger partial charge in [-0.15, -0.1) is 0 Å². The average molecular weight is 228 g/mol. The van der Waals surface area contributed by atoms with E-state index in [1.807, 2.05) is 11.8 Å². The standard InChI is InChI=1S/C12H24N2O2/c1-10(5-8-16-4)13-11(15)14-7-6-12(2,3)9-14/h10H,5-9H2,1-4H3,(H,13,15)/t10-/m1/s1. The first kappa shape index (κ1) is 13.3. The number of hydrogen-bond donors (Lipinski definition) is 1. The zero-order valence-corrected chi connectivity index (χ0v) is 10.9. The summed E-state index contributed by atoms with van der Waals surface area (Å²) in [5.41, 5.74) is 0.271. The number of carbonyl (C=O) groups excluding carboxylic acids is 1. The van der Waals surface area contributed by atoms with E-state index in [1.165, 1.54) is 0 Å². The number of ether oxygens (including phenoxy) is 1. The molecule has 1 aliphatic rings. The van der Waals surface area contributed by atoms with E-state index >= 15 is 0 Å². The normalized spacial score (nSPS) is 20.9. The zero-order chi connectivity index (χ0) is 12.2. The number of hydrogen-bond acceptors (Lipinski definition) is 2. The average Bonchev–Trinajstić information content (AvgIpc) is 2.56. The van der Waals surface area contributed by atoms with Crippen molar-refractivity contribution in [2.75, 3.05) is 26.8 Å². The number of carbonyl (C=O) groups is 1. The maximum Gasteiger partial charge on any atom is 0.317 e. The van der Waals surface area contributed by atoms with E-state index in [9.17, 15) is 4.79 Å². The van der Waals surface area contributed by atoms with Crippen LogP contribution in [0, 0.1) is 5.41 Å². The summed E-state index contributed by atoms with van der Waals surface area (Å²) in [7, 11) is 1.68. The maximum atomic E-state index is 11.9. The van der Waals surface area contributed by atoms with Gasteiger partial charge in [-0.05, 0) is 25.2 Å². The molecule has 0 aromatic rings. The predicted molar refractivity (Wildman–Crippen MR) is 64.5 cm³/mol. The monoisotopic (exact) mass is 228 g/mol. The Bertz CT molecular complexity index is 241. The van der Waals surface area contributed by atoms with E-state index in [2.05, 4.69) is 19.2 Å². The first-order valence-corrected chi connectivity index (χ1v) is 5.99. The topological polar surface area (TPSA) is 41.6 Å². The summed E-state index contributed by atoms with van der Waals surface area (Å²) in [4.78, 5) is 13.8. The highest BCUT2D eigenvalue weighted by molar-refractivity contribution is 5.74. The third kappa shape index (κ3) is 4.00. The molecule has 1 heterocycles. The van der Waals surface area contributed by atoms with E-state index in [-0.39, 0.29) is 17.5 Å².